The lowest BCUT2D eigenvalue weighted by atomic mass is 10.1. The number of rotatable bonds is 6. The predicted octanol–water partition coefficient (Wildman–Crippen LogP) is 4.42. The normalized spacial score (nSPS) is 10.7. The molecule has 2 aromatic carbocycles. The lowest BCUT2D eigenvalue weighted by Crippen LogP contribution is -2.00. The highest BCUT2D eigenvalue weighted by atomic mass is 19.1. The molecule has 0 bridgehead atoms. The molecule has 0 aliphatic carbocycles. The second kappa shape index (κ2) is 7.91. The van der Waals surface area contributed by atoms with Gasteiger partial charge in [0.2, 0.25) is 5.75 Å². The Bertz CT molecular complexity index is 1290. The Morgan fingerprint density at radius 1 is 1.10 bits per heavy atom. The van der Waals surface area contributed by atoms with Crippen LogP contribution in [0.1, 0.15) is 11.1 Å². The summed E-state index contributed by atoms with van der Waals surface area (Å²) in [6, 6.07) is 10.5. The van der Waals surface area contributed by atoms with Gasteiger partial charge in [-0.1, -0.05) is 6.07 Å². The number of methoxy groups -OCH3 is 3. The first-order valence-electron chi connectivity index (χ1n) is 9.34. The number of H-pyrrole nitrogens is 1. The van der Waals surface area contributed by atoms with E-state index < -0.39 is 0 Å². The van der Waals surface area contributed by atoms with Crippen LogP contribution < -0.4 is 19.5 Å². The van der Waals surface area contributed by atoms with Crippen LogP contribution in [-0.4, -0.2) is 35.9 Å². The third-order valence-electron chi connectivity index (χ3n) is 4.95. The van der Waals surface area contributed by atoms with Crippen molar-refractivity contribution in [2.45, 2.75) is 6.92 Å². The molecule has 0 amide bonds. The fraction of sp³-hybridized carbons (Fsp3) is 0.182. The summed E-state index contributed by atoms with van der Waals surface area (Å²) in [7, 11) is 4.58. The van der Waals surface area contributed by atoms with E-state index in [0.717, 1.165) is 0 Å². The molecule has 0 aliphatic rings. The average molecular weight is 421 g/mol. The summed E-state index contributed by atoms with van der Waals surface area (Å²) in [6.07, 6.45) is 1.56. The molecule has 2 heterocycles. The number of hydrogen-bond acceptors (Lipinski definition) is 6. The number of benzene rings is 2. The quantitative estimate of drug-likeness (QED) is 0.478. The predicted molar refractivity (Wildman–Crippen MR) is 114 cm³/mol. The molecule has 0 spiro atoms. The molecule has 2 N–H and O–H groups in total. The molecule has 2 aromatic heterocycles. The molecule has 4 rings (SSSR count). The number of nitriles is 1. The van der Waals surface area contributed by atoms with E-state index in [1.807, 2.05) is 0 Å². The van der Waals surface area contributed by atoms with Crippen molar-refractivity contribution in [3.8, 4) is 34.6 Å². The highest BCUT2D eigenvalue weighted by Gasteiger charge is 2.22. The van der Waals surface area contributed by atoms with Crippen molar-refractivity contribution in [1.29, 1.82) is 5.26 Å². The Morgan fingerprint density at radius 3 is 2.39 bits per heavy atom. The first kappa shape index (κ1) is 20.1. The van der Waals surface area contributed by atoms with Crippen molar-refractivity contribution < 1.29 is 18.6 Å². The van der Waals surface area contributed by atoms with E-state index in [2.05, 4.69) is 21.5 Å². The number of aryl methyl sites for hydroxylation is 1. The van der Waals surface area contributed by atoms with Crippen LogP contribution in [-0.2, 0) is 0 Å². The van der Waals surface area contributed by atoms with Crippen molar-refractivity contribution in [2.75, 3.05) is 26.6 Å². The molecule has 9 heteroatoms. The van der Waals surface area contributed by atoms with Crippen LogP contribution in [0.5, 0.6) is 17.2 Å². The standard InChI is InChI=1S/C22H20FN5O3/c1-12-5-6-15(9-16(12)23)26-22-19(27-21-14(10-24)11-25-28(21)22)13-7-17(29-2)20(31-4)18(8-13)30-3/h5-9,11,25-26H,1-4H3. The van der Waals surface area contributed by atoms with E-state index in [-0.39, 0.29) is 5.82 Å². The number of anilines is 2. The Hall–Kier alpha value is -4.19. The van der Waals surface area contributed by atoms with Gasteiger partial charge in [0.1, 0.15) is 23.1 Å². The smallest absolute Gasteiger partial charge is 0.203 e. The highest BCUT2D eigenvalue weighted by molar-refractivity contribution is 5.83. The minimum absolute atomic E-state index is 0.329. The Balaban J connectivity index is 1.94. The fourth-order valence-corrected chi connectivity index (χ4v) is 3.34. The van der Waals surface area contributed by atoms with Gasteiger partial charge in [-0.05, 0) is 36.8 Å². The Labute approximate surface area is 177 Å². The van der Waals surface area contributed by atoms with E-state index in [0.29, 0.717) is 56.8 Å². The second-order valence-electron chi connectivity index (χ2n) is 6.77. The summed E-state index contributed by atoms with van der Waals surface area (Å²) in [6.45, 7) is 1.70. The Kier molecular flexibility index (Phi) is 5.13. The summed E-state index contributed by atoms with van der Waals surface area (Å²) in [5.41, 5.74) is 3.06. The molecule has 0 fully saturated rings. The first-order chi connectivity index (χ1) is 15.0. The maximum absolute atomic E-state index is 14.1. The van der Waals surface area contributed by atoms with Gasteiger partial charge >= 0.3 is 0 Å². The fourth-order valence-electron chi connectivity index (χ4n) is 3.34. The van der Waals surface area contributed by atoms with E-state index in [4.69, 9.17) is 14.2 Å². The molecule has 0 aliphatic heterocycles. The van der Waals surface area contributed by atoms with Crippen LogP contribution in [0.25, 0.3) is 16.9 Å². The first-order valence-corrected chi connectivity index (χ1v) is 9.34. The van der Waals surface area contributed by atoms with Crippen LogP contribution in [0.2, 0.25) is 0 Å². The number of ether oxygens (including phenoxy) is 3. The molecule has 0 saturated carbocycles. The van der Waals surface area contributed by atoms with Gasteiger partial charge in [-0.25, -0.2) is 13.9 Å². The third kappa shape index (κ3) is 3.38. The summed E-state index contributed by atoms with van der Waals surface area (Å²) in [5.74, 6) is 1.56. The summed E-state index contributed by atoms with van der Waals surface area (Å²) in [4.78, 5) is 4.66. The topological polar surface area (TPSA) is 96.6 Å². The van der Waals surface area contributed by atoms with E-state index in [1.54, 1.807) is 41.9 Å². The van der Waals surface area contributed by atoms with Crippen LogP contribution in [0, 0.1) is 24.1 Å². The molecule has 0 atom stereocenters. The monoisotopic (exact) mass is 421 g/mol. The van der Waals surface area contributed by atoms with E-state index >= 15 is 0 Å². The minimum Gasteiger partial charge on any atom is -0.493 e. The highest BCUT2D eigenvalue weighted by Crippen LogP contribution is 2.43. The van der Waals surface area contributed by atoms with Crippen LogP contribution in [0.3, 0.4) is 0 Å². The van der Waals surface area contributed by atoms with Crippen molar-refractivity contribution in [3.05, 3.63) is 53.5 Å². The molecule has 4 aromatic rings. The number of fused-ring (bicyclic) bond motifs is 1. The van der Waals surface area contributed by atoms with Gasteiger partial charge in [0, 0.05) is 17.4 Å². The molecule has 0 radical (unpaired) electrons. The summed E-state index contributed by atoms with van der Waals surface area (Å²) >= 11 is 0. The van der Waals surface area contributed by atoms with E-state index in [9.17, 15) is 9.65 Å². The van der Waals surface area contributed by atoms with Gasteiger partial charge in [-0.3, -0.25) is 5.10 Å². The largest absolute Gasteiger partial charge is 0.493 e. The number of aromatic nitrogens is 3. The maximum atomic E-state index is 14.1. The van der Waals surface area contributed by atoms with Gasteiger partial charge in [-0.2, -0.15) is 5.26 Å². The van der Waals surface area contributed by atoms with Crippen molar-refractivity contribution in [2.24, 2.45) is 0 Å². The van der Waals surface area contributed by atoms with Gasteiger partial charge < -0.3 is 19.5 Å². The number of aromatic amines is 1. The van der Waals surface area contributed by atoms with Gasteiger partial charge in [0.25, 0.3) is 0 Å². The molecule has 0 saturated heterocycles. The van der Waals surface area contributed by atoms with Crippen LogP contribution in [0.15, 0.2) is 36.5 Å². The zero-order valence-corrected chi connectivity index (χ0v) is 17.4. The summed E-state index contributed by atoms with van der Waals surface area (Å²) in [5, 5.41) is 15.7. The lowest BCUT2D eigenvalue weighted by Gasteiger charge is -2.14. The van der Waals surface area contributed by atoms with Crippen molar-refractivity contribution in [1.82, 2.24) is 14.6 Å². The number of halogens is 1. The molecule has 31 heavy (non-hydrogen) atoms. The second-order valence-corrected chi connectivity index (χ2v) is 6.77. The SMILES string of the molecule is COc1cc(-c2nc3c(C#N)c[nH]n3c2Nc2ccc(C)c(F)c2)cc(OC)c1OC. The zero-order chi connectivity index (χ0) is 22.1. The zero-order valence-electron chi connectivity index (χ0n) is 17.4. The Morgan fingerprint density at radius 2 is 1.81 bits per heavy atom. The van der Waals surface area contributed by atoms with Crippen molar-refractivity contribution in [3.63, 3.8) is 0 Å². The maximum Gasteiger partial charge on any atom is 0.203 e. The van der Waals surface area contributed by atoms with Crippen molar-refractivity contribution >= 4 is 17.2 Å². The molecular weight excluding hydrogens is 401 g/mol. The van der Waals surface area contributed by atoms with Crippen LogP contribution >= 0.6 is 0 Å². The molecular formula is C22H20FN5O3. The van der Waals surface area contributed by atoms with E-state index in [1.165, 1.54) is 27.4 Å². The molecule has 8 nitrogen and oxygen atoms in total. The number of hydrogen-bond donors (Lipinski definition) is 2. The number of imidazole rings is 1. The third-order valence-corrected chi connectivity index (χ3v) is 4.95. The molecule has 158 valence electrons. The number of nitrogens with one attached hydrogen (secondary N) is 2. The lowest BCUT2D eigenvalue weighted by molar-refractivity contribution is 0.324. The van der Waals surface area contributed by atoms with Gasteiger partial charge in [0.15, 0.2) is 23.0 Å². The van der Waals surface area contributed by atoms with Gasteiger partial charge in [-0.15, -0.1) is 0 Å². The summed E-state index contributed by atoms with van der Waals surface area (Å²) < 4.78 is 32.1. The van der Waals surface area contributed by atoms with Gasteiger partial charge in [0.05, 0.1) is 21.3 Å². The number of nitrogens with zero attached hydrogens (tertiary/aromatic N) is 3. The minimum atomic E-state index is -0.329. The average Bonchev–Trinajstić information content (AvgIpc) is 3.34. The van der Waals surface area contributed by atoms with Crippen LogP contribution in [0.4, 0.5) is 15.9 Å². The molecule has 0 unspecified atom stereocenters.